The zero-order chi connectivity index (χ0) is 17.9. The van der Waals surface area contributed by atoms with Gasteiger partial charge in [0, 0.05) is 23.6 Å². The number of carbonyl (C=O) groups excluding carboxylic acids is 1. The molecule has 1 aromatic heterocycles. The van der Waals surface area contributed by atoms with Crippen molar-refractivity contribution in [2.24, 2.45) is 11.3 Å². The van der Waals surface area contributed by atoms with Crippen LogP contribution in [0.3, 0.4) is 0 Å². The summed E-state index contributed by atoms with van der Waals surface area (Å²) in [6, 6.07) is 15.6. The minimum Gasteiger partial charge on any atom is -0.264 e. The molecule has 132 valence electrons. The van der Waals surface area contributed by atoms with Crippen LogP contribution >= 0.6 is 0 Å². The first-order valence-electron chi connectivity index (χ1n) is 9.32. The van der Waals surface area contributed by atoms with E-state index in [1.165, 1.54) is 31.4 Å². The van der Waals surface area contributed by atoms with Gasteiger partial charge in [-0.2, -0.15) is 0 Å². The molecule has 1 aliphatic carbocycles. The van der Waals surface area contributed by atoms with Gasteiger partial charge in [0.2, 0.25) is 5.69 Å². The molecule has 1 aliphatic rings. The molecule has 1 fully saturated rings. The minimum atomic E-state index is -0.0681. The summed E-state index contributed by atoms with van der Waals surface area (Å²) in [4.78, 5) is 12.5. The van der Waals surface area contributed by atoms with Crippen LogP contribution in [-0.2, 0) is 0 Å². The first-order chi connectivity index (χ1) is 11.9. The Morgan fingerprint density at radius 2 is 1.60 bits per heavy atom. The summed E-state index contributed by atoms with van der Waals surface area (Å²) in [6.07, 6.45) is 6.84. The molecular formula is C22H29N2O+. The standard InChI is InChI=1S/C22H28N2O/c1-22(2,3)19-14-12-17(13-15-19)20-11-7-8-16-24(20)23-21(25)18-9-5-4-6-10-18/h4-11,16-17,19H,12-15H2,1-3H3/p+1. The summed E-state index contributed by atoms with van der Waals surface area (Å²) >= 11 is 0. The van der Waals surface area contributed by atoms with E-state index in [1.807, 2.05) is 47.3 Å². The molecule has 0 bridgehead atoms. The van der Waals surface area contributed by atoms with Gasteiger partial charge in [0.25, 0.3) is 0 Å². The Bertz CT molecular complexity index is 710. The SMILES string of the molecule is CC(C)(C)C1CCC(c2cccc[n+]2NC(=O)c2ccccc2)CC1. The number of pyridine rings is 1. The summed E-state index contributed by atoms with van der Waals surface area (Å²) in [5.74, 6) is 1.23. The van der Waals surface area contributed by atoms with Crippen molar-refractivity contribution in [2.45, 2.75) is 52.4 Å². The summed E-state index contributed by atoms with van der Waals surface area (Å²) in [5, 5.41) is 0. The molecule has 3 rings (SSSR count). The number of carbonyl (C=O) groups is 1. The van der Waals surface area contributed by atoms with Gasteiger partial charge < -0.3 is 0 Å². The molecule has 3 heteroatoms. The monoisotopic (exact) mass is 337 g/mol. The van der Waals surface area contributed by atoms with Gasteiger partial charge in [-0.05, 0) is 55.2 Å². The first-order valence-corrected chi connectivity index (χ1v) is 9.32. The van der Waals surface area contributed by atoms with E-state index in [0.29, 0.717) is 16.9 Å². The third-order valence-corrected chi connectivity index (χ3v) is 5.52. The normalized spacial score (nSPS) is 20.9. The van der Waals surface area contributed by atoms with Crippen molar-refractivity contribution in [2.75, 3.05) is 5.43 Å². The van der Waals surface area contributed by atoms with Crippen molar-refractivity contribution in [3.05, 3.63) is 66.0 Å². The van der Waals surface area contributed by atoms with Crippen molar-refractivity contribution in [3.63, 3.8) is 0 Å². The van der Waals surface area contributed by atoms with E-state index in [2.05, 4.69) is 38.3 Å². The van der Waals surface area contributed by atoms with Gasteiger partial charge in [0.15, 0.2) is 6.20 Å². The van der Waals surface area contributed by atoms with E-state index in [-0.39, 0.29) is 5.91 Å². The van der Waals surface area contributed by atoms with E-state index in [9.17, 15) is 4.79 Å². The molecule has 3 nitrogen and oxygen atoms in total. The lowest BCUT2D eigenvalue weighted by Gasteiger charge is -2.36. The van der Waals surface area contributed by atoms with Crippen LogP contribution in [0.2, 0.25) is 0 Å². The van der Waals surface area contributed by atoms with Gasteiger partial charge in [0.05, 0.1) is 0 Å². The number of aromatic nitrogens is 1. The molecule has 1 N–H and O–H groups in total. The van der Waals surface area contributed by atoms with Crippen LogP contribution in [0.5, 0.6) is 0 Å². The van der Waals surface area contributed by atoms with E-state index >= 15 is 0 Å². The van der Waals surface area contributed by atoms with Crippen LogP contribution in [0.25, 0.3) is 0 Å². The van der Waals surface area contributed by atoms with Crippen LogP contribution in [0, 0.1) is 11.3 Å². The van der Waals surface area contributed by atoms with Crippen LogP contribution in [0.1, 0.15) is 68.4 Å². The third kappa shape index (κ3) is 4.28. The Labute approximate surface area is 151 Å². The van der Waals surface area contributed by atoms with Crippen LogP contribution in [0.4, 0.5) is 0 Å². The van der Waals surface area contributed by atoms with E-state index in [0.717, 1.165) is 5.92 Å². The molecule has 0 saturated heterocycles. The van der Waals surface area contributed by atoms with Crippen molar-refractivity contribution in [1.82, 2.24) is 0 Å². The molecule has 0 aliphatic heterocycles. The van der Waals surface area contributed by atoms with Gasteiger partial charge in [-0.15, -0.1) is 5.43 Å². The molecule has 0 radical (unpaired) electrons. The molecule has 1 amide bonds. The van der Waals surface area contributed by atoms with E-state index < -0.39 is 0 Å². The van der Waals surface area contributed by atoms with E-state index in [1.54, 1.807) is 0 Å². The molecular weight excluding hydrogens is 308 g/mol. The number of hydrogen-bond acceptors (Lipinski definition) is 1. The second kappa shape index (κ2) is 7.38. The zero-order valence-electron chi connectivity index (χ0n) is 15.5. The van der Waals surface area contributed by atoms with Crippen molar-refractivity contribution in [3.8, 4) is 0 Å². The quantitative estimate of drug-likeness (QED) is 0.811. The molecule has 0 spiro atoms. The maximum Gasteiger partial charge on any atom is 0.305 e. The van der Waals surface area contributed by atoms with Gasteiger partial charge in [0.1, 0.15) is 0 Å². The smallest absolute Gasteiger partial charge is 0.264 e. The second-order valence-electron chi connectivity index (χ2n) is 8.22. The topological polar surface area (TPSA) is 33.0 Å². The third-order valence-electron chi connectivity index (χ3n) is 5.52. The highest BCUT2D eigenvalue weighted by Crippen LogP contribution is 2.42. The van der Waals surface area contributed by atoms with Gasteiger partial charge in [-0.25, -0.2) is 0 Å². The average Bonchev–Trinajstić information content (AvgIpc) is 2.62. The van der Waals surface area contributed by atoms with Crippen LogP contribution in [0.15, 0.2) is 54.7 Å². The van der Waals surface area contributed by atoms with Crippen LogP contribution < -0.4 is 10.1 Å². The average molecular weight is 337 g/mol. The number of rotatable bonds is 3. The molecule has 0 unspecified atom stereocenters. The lowest BCUT2D eigenvalue weighted by molar-refractivity contribution is -0.651. The summed E-state index contributed by atoms with van der Waals surface area (Å²) < 4.78 is 1.91. The van der Waals surface area contributed by atoms with Gasteiger partial charge >= 0.3 is 5.91 Å². The number of hydrogen-bond donors (Lipinski definition) is 1. The molecule has 25 heavy (non-hydrogen) atoms. The fourth-order valence-electron chi connectivity index (χ4n) is 3.91. The highest BCUT2D eigenvalue weighted by molar-refractivity contribution is 5.98. The van der Waals surface area contributed by atoms with Gasteiger partial charge in [-0.1, -0.05) is 43.6 Å². The lowest BCUT2D eigenvalue weighted by atomic mass is 9.69. The Kier molecular flexibility index (Phi) is 5.22. The fraction of sp³-hybridized carbons (Fsp3) is 0.455. The first kappa shape index (κ1) is 17.7. The fourth-order valence-corrected chi connectivity index (χ4v) is 3.91. The predicted molar refractivity (Wildman–Crippen MR) is 101 cm³/mol. The number of nitrogens with zero attached hydrogens (tertiary/aromatic N) is 1. The number of nitrogens with one attached hydrogen (secondary N) is 1. The maximum absolute atomic E-state index is 12.5. The van der Waals surface area contributed by atoms with Crippen molar-refractivity contribution >= 4 is 5.91 Å². The van der Waals surface area contributed by atoms with Gasteiger partial charge in [-0.3, -0.25) is 4.79 Å². The highest BCUT2D eigenvalue weighted by Gasteiger charge is 2.33. The Hall–Kier alpha value is -2.16. The molecule has 1 saturated carbocycles. The Morgan fingerprint density at radius 3 is 2.24 bits per heavy atom. The summed E-state index contributed by atoms with van der Waals surface area (Å²) in [6.45, 7) is 7.04. The molecule has 0 atom stereocenters. The summed E-state index contributed by atoms with van der Waals surface area (Å²) in [7, 11) is 0. The van der Waals surface area contributed by atoms with Crippen molar-refractivity contribution < 1.29 is 9.47 Å². The number of benzene rings is 1. The van der Waals surface area contributed by atoms with E-state index in [4.69, 9.17) is 0 Å². The van der Waals surface area contributed by atoms with Crippen LogP contribution in [-0.4, -0.2) is 5.91 Å². The molecule has 1 heterocycles. The maximum atomic E-state index is 12.5. The lowest BCUT2D eigenvalue weighted by Crippen LogP contribution is -2.52. The minimum absolute atomic E-state index is 0.0681. The Morgan fingerprint density at radius 1 is 0.960 bits per heavy atom. The second-order valence-corrected chi connectivity index (χ2v) is 8.22. The predicted octanol–water partition coefficient (Wildman–Crippen LogP) is 4.68. The Balaban J connectivity index is 1.73. The molecule has 2 aromatic rings. The highest BCUT2D eigenvalue weighted by atomic mass is 16.2. The summed E-state index contributed by atoms with van der Waals surface area (Å²) in [5.41, 5.74) is 5.32. The molecule has 1 aromatic carbocycles. The zero-order valence-corrected chi connectivity index (χ0v) is 15.5. The number of amides is 1. The van der Waals surface area contributed by atoms with Crippen molar-refractivity contribution in [1.29, 1.82) is 0 Å². The largest absolute Gasteiger partial charge is 0.305 e.